The van der Waals surface area contributed by atoms with Crippen LogP contribution in [0.2, 0.25) is 4.34 Å². The molecule has 0 saturated carbocycles. The molecular weight excluding hydrogens is 352 g/mol. The minimum atomic E-state index is -0.728. The summed E-state index contributed by atoms with van der Waals surface area (Å²) in [4.78, 5) is 24.1. The van der Waals surface area contributed by atoms with Gasteiger partial charge in [0.05, 0.1) is 4.88 Å². The lowest BCUT2D eigenvalue weighted by molar-refractivity contribution is -0.146. The first-order valence-electron chi connectivity index (χ1n) is 5.87. The minimum Gasteiger partial charge on any atom is -0.458 e. The fourth-order valence-electron chi connectivity index (χ4n) is 1.51. The highest BCUT2D eigenvalue weighted by Gasteiger charge is 2.15. The van der Waals surface area contributed by atoms with E-state index in [4.69, 9.17) is 20.8 Å². The van der Waals surface area contributed by atoms with Gasteiger partial charge in [-0.1, -0.05) is 22.2 Å². The van der Waals surface area contributed by atoms with Crippen LogP contribution in [0, 0.1) is 0 Å². The molecule has 3 aromatic heterocycles. The summed E-state index contributed by atoms with van der Waals surface area (Å²) in [6.07, 6.45) is 0. The Morgan fingerprint density at radius 2 is 2.36 bits per heavy atom. The van der Waals surface area contributed by atoms with Crippen LogP contribution in [0.15, 0.2) is 26.7 Å². The predicted octanol–water partition coefficient (Wildman–Crippen LogP) is 1.81. The summed E-state index contributed by atoms with van der Waals surface area (Å²) in [7, 11) is 0. The standard InChI is InChI=1S/C11H7ClN4O4S2/c12-9-6(13-15-22-9)5-19-8(17)4-16-11(18)20-10(14-16)7-2-1-3-21-7/h1-3H,4-5H2. The predicted molar refractivity (Wildman–Crippen MR) is 78.8 cm³/mol. The Hall–Kier alpha value is -2.04. The van der Waals surface area contributed by atoms with E-state index in [1.54, 1.807) is 12.1 Å². The Morgan fingerprint density at radius 1 is 1.50 bits per heavy atom. The number of nitrogens with zero attached hydrogens (tertiary/aromatic N) is 4. The summed E-state index contributed by atoms with van der Waals surface area (Å²) in [5.41, 5.74) is 0.367. The third-order valence-electron chi connectivity index (χ3n) is 2.50. The molecule has 0 spiro atoms. The summed E-state index contributed by atoms with van der Waals surface area (Å²) >= 11 is 8.16. The van der Waals surface area contributed by atoms with Crippen LogP contribution in [0.4, 0.5) is 0 Å². The Morgan fingerprint density at radius 3 is 3.05 bits per heavy atom. The number of hydrogen-bond donors (Lipinski definition) is 0. The van der Waals surface area contributed by atoms with Crippen molar-refractivity contribution in [3.8, 4) is 10.8 Å². The van der Waals surface area contributed by atoms with E-state index in [1.807, 2.05) is 5.38 Å². The second-order valence-corrected chi connectivity index (χ2v) is 6.27. The molecule has 0 fully saturated rings. The van der Waals surface area contributed by atoms with Crippen LogP contribution in [0.25, 0.3) is 10.8 Å². The zero-order valence-corrected chi connectivity index (χ0v) is 13.2. The molecule has 0 aliphatic carbocycles. The Bertz CT molecular complexity index is 839. The van der Waals surface area contributed by atoms with Crippen molar-refractivity contribution in [2.24, 2.45) is 0 Å². The first kappa shape index (κ1) is 14.9. The van der Waals surface area contributed by atoms with Crippen LogP contribution >= 0.6 is 34.5 Å². The summed E-state index contributed by atoms with van der Waals surface area (Å²) < 4.78 is 14.8. The van der Waals surface area contributed by atoms with Crippen molar-refractivity contribution in [3.63, 3.8) is 0 Å². The molecule has 3 rings (SSSR count). The van der Waals surface area contributed by atoms with Crippen molar-refractivity contribution in [3.05, 3.63) is 38.1 Å². The molecule has 3 aromatic rings. The van der Waals surface area contributed by atoms with E-state index in [0.717, 1.165) is 16.2 Å². The van der Waals surface area contributed by atoms with Crippen LogP contribution in [0.3, 0.4) is 0 Å². The number of esters is 1. The number of carbonyl (C=O) groups excluding carboxylic acids is 1. The van der Waals surface area contributed by atoms with Gasteiger partial charge in [-0.3, -0.25) is 4.79 Å². The first-order valence-corrected chi connectivity index (χ1v) is 7.91. The van der Waals surface area contributed by atoms with Gasteiger partial charge in [-0.05, 0) is 11.4 Å². The maximum absolute atomic E-state index is 11.7. The van der Waals surface area contributed by atoms with Crippen molar-refractivity contribution in [2.45, 2.75) is 13.2 Å². The quantitative estimate of drug-likeness (QED) is 0.641. The van der Waals surface area contributed by atoms with Crippen molar-refractivity contribution in [2.75, 3.05) is 0 Å². The fourth-order valence-corrected chi connectivity index (χ4v) is 2.75. The second kappa shape index (κ2) is 6.38. The monoisotopic (exact) mass is 358 g/mol. The van der Waals surface area contributed by atoms with Gasteiger partial charge in [0.25, 0.3) is 5.89 Å². The SMILES string of the molecule is O=C(Cn1nc(-c2cccs2)oc1=O)OCc1nnsc1Cl. The molecule has 0 N–H and O–H groups in total. The normalized spacial score (nSPS) is 10.8. The lowest BCUT2D eigenvalue weighted by atomic mass is 10.5. The topological polar surface area (TPSA) is 100 Å². The maximum Gasteiger partial charge on any atom is 0.437 e. The number of aromatic nitrogens is 4. The van der Waals surface area contributed by atoms with E-state index >= 15 is 0 Å². The highest BCUT2D eigenvalue weighted by atomic mass is 35.5. The van der Waals surface area contributed by atoms with E-state index in [-0.39, 0.29) is 19.0 Å². The van der Waals surface area contributed by atoms with Gasteiger partial charge >= 0.3 is 11.7 Å². The number of halogens is 1. The Balaban J connectivity index is 1.64. The molecule has 3 heterocycles. The van der Waals surface area contributed by atoms with Gasteiger partial charge in [0.1, 0.15) is 23.2 Å². The van der Waals surface area contributed by atoms with Gasteiger partial charge in [0, 0.05) is 11.5 Å². The summed E-state index contributed by atoms with van der Waals surface area (Å²) in [6.45, 7) is -0.471. The number of rotatable bonds is 5. The summed E-state index contributed by atoms with van der Waals surface area (Å²) in [6, 6.07) is 3.56. The van der Waals surface area contributed by atoms with E-state index in [9.17, 15) is 9.59 Å². The molecule has 0 radical (unpaired) electrons. The number of carbonyl (C=O) groups is 1. The van der Waals surface area contributed by atoms with Gasteiger partial charge < -0.3 is 9.15 Å². The van der Waals surface area contributed by atoms with E-state index in [0.29, 0.717) is 14.9 Å². The second-order valence-electron chi connectivity index (χ2n) is 3.96. The molecule has 0 saturated heterocycles. The van der Waals surface area contributed by atoms with Crippen molar-refractivity contribution < 1.29 is 13.9 Å². The van der Waals surface area contributed by atoms with Gasteiger partial charge in [0.2, 0.25) is 0 Å². The van der Waals surface area contributed by atoms with Crippen molar-refractivity contribution >= 4 is 40.4 Å². The molecule has 0 atom stereocenters. The molecule has 0 unspecified atom stereocenters. The van der Waals surface area contributed by atoms with Crippen LogP contribution < -0.4 is 5.76 Å². The average molecular weight is 359 g/mol. The molecule has 8 nitrogen and oxygen atoms in total. The van der Waals surface area contributed by atoms with Crippen molar-refractivity contribution in [1.29, 1.82) is 0 Å². The number of ether oxygens (including phenoxy) is 1. The Labute approximate surface area is 136 Å². The average Bonchev–Trinajstić information content (AvgIpc) is 3.19. The van der Waals surface area contributed by atoms with E-state index in [1.165, 1.54) is 11.3 Å². The molecule has 22 heavy (non-hydrogen) atoms. The van der Waals surface area contributed by atoms with Gasteiger partial charge in [-0.25, -0.2) is 4.79 Å². The first-order chi connectivity index (χ1) is 10.6. The highest BCUT2D eigenvalue weighted by molar-refractivity contribution is 7.13. The number of thiophene rings is 1. The molecule has 0 bridgehead atoms. The molecule has 0 aromatic carbocycles. The largest absolute Gasteiger partial charge is 0.458 e. The summed E-state index contributed by atoms with van der Waals surface area (Å²) in [5, 5.41) is 9.49. The summed E-state index contributed by atoms with van der Waals surface area (Å²) in [5.74, 6) is -1.22. The van der Waals surface area contributed by atoms with Gasteiger partial charge in [-0.15, -0.1) is 21.5 Å². The van der Waals surface area contributed by atoms with E-state index in [2.05, 4.69) is 14.7 Å². The highest BCUT2D eigenvalue weighted by Crippen LogP contribution is 2.21. The Kier molecular flexibility index (Phi) is 4.32. The lowest BCUT2D eigenvalue weighted by Crippen LogP contribution is -2.23. The molecule has 0 aliphatic rings. The van der Waals surface area contributed by atoms with Crippen LogP contribution in [-0.4, -0.2) is 25.3 Å². The fraction of sp³-hybridized carbons (Fsp3) is 0.182. The molecule has 114 valence electrons. The van der Waals surface area contributed by atoms with E-state index < -0.39 is 11.7 Å². The third kappa shape index (κ3) is 3.24. The van der Waals surface area contributed by atoms with Crippen molar-refractivity contribution in [1.82, 2.24) is 19.4 Å². The zero-order valence-electron chi connectivity index (χ0n) is 10.8. The molecule has 0 amide bonds. The molecule has 11 heteroatoms. The van der Waals surface area contributed by atoms with Crippen LogP contribution in [0.5, 0.6) is 0 Å². The maximum atomic E-state index is 11.7. The smallest absolute Gasteiger partial charge is 0.437 e. The van der Waals surface area contributed by atoms with Gasteiger partial charge in [-0.2, -0.15) is 4.68 Å². The lowest BCUT2D eigenvalue weighted by Gasteiger charge is -2.01. The number of hydrogen-bond acceptors (Lipinski definition) is 9. The zero-order chi connectivity index (χ0) is 15.5. The van der Waals surface area contributed by atoms with Gasteiger partial charge in [0.15, 0.2) is 0 Å². The van der Waals surface area contributed by atoms with Crippen LogP contribution in [0.1, 0.15) is 5.69 Å². The molecule has 0 aliphatic heterocycles. The molecular formula is C11H7ClN4O4S2. The van der Waals surface area contributed by atoms with Crippen LogP contribution in [-0.2, 0) is 22.7 Å². The third-order valence-corrected chi connectivity index (χ3v) is 4.34. The minimum absolute atomic E-state index is 0.113.